The molecule has 0 fully saturated rings. The predicted molar refractivity (Wildman–Crippen MR) is 169 cm³/mol. The first-order chi connectivity index (χ1) is 20.5. The Hall–Kier alpha value is -4.34. The highest BCUT2D eigenvalue weighted by Crippen LogP contribution is 2.40. The number of aryl methyl sites for hydroxylation is 5. The number of carboxylic acids is 1. The van der Waals surface area contributed by atoms with Crippen LogP contribution in [0.5, 0.6) is 5.75 Å². The number of hydrogen-bond acceptors (Lipinski definition) is 5. The van der Waals surface area contributed by atoms with E-state index < -0.39 is 11.9 Å². The fourth-order valence-electron chi connectivity index (χ4n) is 5.37. The van der Waals surface area contributed by atoms with E-state index in [0.29, 0.717) is 35.7 Å². The number of benzene rings is 2. The number of fused-ring (bicyclic) bond motifs is 1. The molecule has 11 heteroatoms. The first-order valence-corrected chi connectivity index (χ1v) is 14.5. The maximum absolute atomic E-state index is 13.7. The number of pyridine rings is 1. The zero-order chi connectivity index (χ0) is 31.0. The van der Waals surface area contributed by atoms with Gasteiger partial charge in [0.25, 0.3) is 5.91 Å². The molecule has 0 saturated carbocycles. The lowest BCUT2D eigenvalue weighted by Gasteiger charge is -2.11. The second kappa shape index (κ2) is 12.1. The fourth-order valence-corrected chi connectivity index (χ4v) is 5.73. The Morgan fingerprint density at radius 3 is 2.42 bits per heavy atom. The third kappa shape index (κ3) is 5.96. The number of nitrogens with one attached hydrogen (secondary N) is 2. The lowest BCUT2D eigenvalue weighted by molar-refractivity contribution is 0.0696. The molecular formula is C32H31Cl2N5O4. The summed E-state index contributed by atoms with van der Waals surface area (Å²) in [6.07, 6.45) is 2.47. The number of rotatable bonds is 9. The molecular weight excluding hydrogens is 589 g/mol. The minimum Gasteiger partial charge on any atom is -0.494 e. The first kappa shape index (κ1) is 30.1. The number of aromatic carboxylic acids is 1. The molecule has 0 aliphatic rings. The number of amides is 1. The number of halogens is 2. The van der Waals surface area contributed by atoms with Crippen LogP contribution < -0.4 is 10.1 Å². The predicted octanol–water partition coefficient (Wildman–Crippen LogP) is 7.47. The molecule has 43 heavy (non-hydrogen) atoms. The van der Waals surface area contributed by atoms with Gasteiger partial charge in [-0.15, -0.1) is 0 Å². The van der Waals surface area contributed by atoms with Crippen molar-refractivity contribution in [3.05, 3.63) is 92.0 Å². The summed E-state index contributed by atoms with van der Waals surface area (Å²) >= 11 is 13.1. The van der Waals surface area contributed by atoms with Gasteiger partial charge in [0.1, 0.15) is 17.3 Å². The minimum absolute atomic E-state index is 0.0172. The summed E-state index contributed by atoms with van der Waals surface area (Å²) < 4.78 is 7.85. The zero-order valence-electron chi connectivity index (χ0n) is 24.4. The van der Waals surface area contributed by atoms with Gasteiger partial charge in [0.2, 0.25) is 0 Å². The summed E-state index contributed by atoms with van der Waals surface area (Å²) in [5.74, 6) is -0.703. The maximum Gasteiger partial charge on any atom is 0.335 e. The van der Waals surface area contributed by atoms with Crippen molar-refractivity contribution in [1.82, 2.24) is 19.7 Å². The summed E-state index contributed by atoms with van der Waals surface area (Å²) in [7, 11) is 1.88. The molecule has 9 nitrogen and oxygen atoms in total. The van der Waals surface area contributed by atoms with Crippen LogP contribution in [-0.2, 0) is 13.5 Å². The van der Waals surface area contributed by atoms with Crippen molar-refractivity contribution in [1.29, 1.82) is 0 Å². The second-order valence-corrected chi connectivity index (χ2v) is 11.3. The van der Waals surface area contributed by atoms with Crippen molar-refractivity contribution in [2.24, 2.45) is 7.05 Å². The molecule has 5 aromatic rings. The molecule has 2 aromatic carbocycles. The van der Waals surface area contributed by atoms with Crippen LogP contribution in [0.1, 0.15) is 55.3 Å². The van der Waals surface area contributed by atoms with Gasteiger partial charge in [-0.1, -0.05) is 29.3 Å². The minimum atomic E-state index is -1.11. The van der Waals surface area contributed by atoms with Crippen LogP contribution >= 0.6 is 23.2 Å². The molecule has 0 spiro atoms. The van der Waals surface area contributed by atoms with Gasteiger partial charge in [0.15, 0.2) is 0 Å². The molecule has 0 radical (unpaired) electrons. The number of ether oxygens (including phenoxy) is 1. The lowest BCUT2D eigenvalue weighted by Crippen LogP contribution is -2.16. The van der Waals surface area contributed by atoms with E-state index >= 15 is 0 Å². The van der Waals surface area contributed by atoms with Crippen LogP contribution in [-0.4, -0.2) is 43.3 Å². The molecule has 1 amide bonds. The second-order valence-electron chi connectivity index (χ2n) is 10.5. The van der Waals surface area contributed by atoms with E-state index in [9.17, 15) is 14.7 Å². The summed E-state index contributed by atoms with van der Waals surface area (Å²) in [4.78, 5) is 32.6. The summed E-state index contributed by atoms with van der Waals surface area (Å²) in [6, 6.07) is 10.2. The number of aromatic amines is 1. The highest BCUT2D eigenvalue weighted by molar-refractivity contribution is 6.35. The average molecular weight is 621 g/mol. The monoisotopic (exact) mass is 619 g/mol. The van der Waals surface area contributed by atoms with Gasteiger partial charge >= 0.3 is 5.97 Å². The van der Waals surface area contributed by atoms with Gasteiger partial charge in [0, 0.05) is 40.5 Å². The van der Waals surface area contributed by atoms with E-state index in [4.69, 9.17) is 27.9 Å². The molecule has 5 rings (SSSR count). The Balaban J connectivity index is 1.53. The van der Waals surface area contributed by atoms with Crippen LogP contribution in [0, 0.1) is 27.7 Å². The average Bonchev–Trinajstić information content (AvgIpc) is 3.45. The van der Waals surface area contributed by atoms with Crippen molar-refractivity contribution < 1.29 is 19.4 Å². The fraction of sp³-hybridized carbons (Fsp3) is 0.250. The molecule has 0 bridgehead atoms. The SMILES string of the molecule is Cc1cc(OCCCc2c(C(=O)Nc3cc(C(=O)O)ccn3)[nH]c3c(-c4c(C)nn(C)c4C)c(Cl)ccc23)cc(C)c1Cl. The van der Waals surface area contributed by atoms with Gasteiger partial charge in [-0.25, -0.2) is 9.78 Å². The smallest absolute Gasteiger partial charge is 0.335 e. The molecule has 0 unspecified atom stereocenters. The number of nitrogens with zero attached hydrogens (tertiary/aromatic N) is 3. The Morgan fingerprint density at radius 2 is 1.77 bits per heavy atom. The molecule has 0 aliphatic heterocycles. The number of H-pyrrole nitrogens is 1. The first-order valence-electron chi connectivity index (χ1n) is 13.7. The van der Waals surface area contributed by atoms with Gasteiger partial charge in [-0.05, 0) is 87.6 Å². The van der Waals surface area contributed by atoms with Crippen LogP contribution in [0.4, 0.5) is 5.82 Å². The molecule has 3 aromatic heterocycles. The Morgan fingerprint density at radius 1 is 1.05 bits per heavy atom. The van der Waals surface area contributed by atoms with E-state index in [2.05, 4.69) is 20.4 Å². The summed E-state index contributed by atoms with van der Waals surface area (Å²) in [5.41, 5.74) is 7.13. The van der Waals surface area contributed by atoms with Crippen molar-refractivity contribution >= 4 is 51.8 Å². The lowest BCUT2D eigenvalue weighted by atomic mass is 9.98. The number of carbonyl (C=O) groups is 2. The zero-order valence-corrected chi connectivity index (χ0v) is 25.9. The molecule has 3 heterocycles. The summed E-state index contributed by atoms with van der Waals surface area (Å²) in [6.45, 7) is 8.19. The van der Waals surface area contributed by atoms with E-state index in [1.54, 1.807) is 4.68 Å². The van der Waals surface area contributed by atoms with E-state index in [1.165, 1.54) is 18.3 Å². The molecule has 0 atom stereocenters. The van der Waals surface area contributed by atoms with Crippen LogP contribution in [0.2, 0.25) is 10.0 Å². The number of carbonyl (C=O) groups excluding carboxylic acids is 1. The standard InChI is InChI=1S/C32H31Cl2N5O4/c1-16-13-21(14-17(2)28(16)34)43-12-6-7-22-23-8-9-24(33)27(26-18(3)38-39(5)19(26)4)29(23)37-30(22)31(40)36-25-15-20(32(41)42)10-11-35-25/h8-11,13-15,37H,6-7,12H2,1-5H3,(H,41,42)(H,35,36,40). The third-order valence-corrected chi connectivity index (χ3v) is 8.43. The maximum atomic E-state index is 13.7. The van der Waals surface area contributed by atoms with Crippen LogP contribution in [0.15, 0.2) is 42.6 Å². The van der Waals surface area contributed by atoms with E-state index in [1.807, 2.05) is 59.0 Å². The van der Waals surface area contributed by atoms with Crippen LogP contribution in [0.25, 0.3) is 22.0 Å². The van der Waals surface area contributed by atoms with E-state index in [0.717, 1.165) is 55.4 Å². The summed E-state index contributed by atoms with van der Waals surface area (Å²) in [5, 5.41) is 18.8. The van der Waals surface area contributed by atoms with Gasteiger partial charge < -0.3 is 20.1 Å². The highest BCUT2D eigenvalue weighted by atomic mass is 35.5. The normalized spacial score (nSPS) is 11.2. The molecule has 0 aliphatic carbocycles. The van der Waals surface area contributed by atoms with E-state index in [-0.39, 0.29) is 11.4 Å². The van der Waals surface area contributed by atoms with Crippen molar-refractivity contribution in [2.75, 3.05) is 11.9 Å². The largest absolute Gasteiger partial charge is 0.494 e. The third-order valence-electron chi connectivity index (χ3n) is 7.52. The van der Waals surface area contributed by atoms with Crippen LogP contribution in [0.3, 0.4) is 0 Å². The van der Waals surface area contributed by atoms with Gasteiger partial charge in [-0.2, -0.15) is 5.10 Å². The quantitative estimate of drug-likeness (QED) is 0.147. The topological polar surface area (TPSA) is 122 Å². The molecule has 222 valence electrons. The Bertz CT molecular complexity index is 1870. The van der Waals surface area contributed by atoms with Crippen molar-refractivity contribution in [3.63, 3.8) is 0 Å². The van der Waals surface area contributed by atoms with Gasteiger partial charge in [0.05, 0.1) is 28.4 Å². The number of anilines is 1. The van der Waals surface area contributed by atoms with Crippen molar-refractivity contribution in [2.45, 2.75) is 40.5 Å². The molecule has 3 N–H and O–H groups in total. The number of aromatic nitrogens is 4. The molecule has 0 saturated heterocycles. The number of hydrogen-bond donors (Lipinski definition) is 3. The Labute approximate surface area is 258 Å². The van der Waals surface area contributed by atoms with Gasteiger partial charge in [-0.3, -0.25) is 9.48 Å². The van der Waals surface area contributed by atoms with Crippen molar-refractivity contribution in [3.8, 4) is 16.9 Å². The number of carboxylic acid groups (broad SMARTS) is 1. The highest BCUT2D eigenvalue weighted by Gasteiger charge is 2.24. The Kier molecular flexibility index (Phi) is 8.48.